The second kappa shape index (κ2) is 7.32. The maximum atomic E-state index is 14.6. The molecular weight excluding hydrogens is 384 g/mol. The third kappa shape index (κ3) is 3.61. The SMILES string of the molecule is Cc1ccn2c(C[C@H]3CN(C(=O)O)CCO3)c(-c3c(F)cc(O)cc3F)nc2c1. The Morgan fingerprint density at radius 1 is 1.31 bits per heavy atom. The zero-order chi connectivity index (χ0) is 20.7. The molecule has 4 rings (SSSR count). The number of aryl methyl sites for hydroxylation is 1. The highest BCUT2D eigenvalue weighted by atomic mass is 19.1. The maximum Gasteiger partial charge on any atom is 0.407 e. The number of carboxylic acid groups (broad SMARTS) is 1. The Labute approximate surface area is 164 Å². The molecule has 1 amide bonds. The van der Waals surface area contributed by atoms with Crippen LogP contribution < -0.4 is 0 Å². The number of amides is 1. The van der Waals surface area contributed by atoms with Crippen molar-refractivity contribution in [1.82, 2.24) is 14.3 Å². The number of imidazole rings is 1. The summed E-state index contributed by atoms with van der Waals surface area (Å²) in [7, 11) is 0. The Bertz CT molecular complexity index is 1080. The molecule has 2 aromatic heterocycles. The molecule has 3 heterocycles. The number of hydrogen-bond acceptors (Lipinski definition) is 4. The molecule has 152 valence electrons. The number of nitrogens with zero attached hydrogens (tertiary/aromatic N) is 3. The summed E-state index contributed by atoms with van der Waals surface area (Å²) in [5, 5.41) is 18.7. The number of rotatable bonds is 3. The Balaban J connectivity index is 1.82. The molecule has 0 saturated carbocycles. The van der Waals surface area contributed by atoms with Gasteiger partial charge in [-0.25, -0.2) is 18.6 Å². The largest absolute Gasteiger partial charge is 0.508 e. The van der Waals surface area contributed by atoms with Crippen LogP contribution in [-0.2, 0) is 11.2 Å². The van der Waals surface area contributed by atoms with Gasteiger partial charge in [-0.2, -0.15) is 0 Å². The van der Waals surface area contributed by atoms with Gasteiger partial charge >= 0.3 is 6.09 Å². The molecule has 2 N–H and O–H groups in total. The fourth-order valence-corrected chi connectivity index (χ4v) is 3.61. The van der Waals surface area contributed by atoms with Crippen molar-refractivity contribution in [3.8, 4) is 17.0 Å². The van der Waals surface area contributed by atoms with Crippen LogP contribution in [0.1, 0.15) is 11.3 Å². The molecule has 0 unspecified atom stereocenters. The average Bonchev–Trinajstić information content (AvgIpc) is 2.98. The molecule has 7 nitrogen and oxygen atoms in total. The molecule has 1 aliphatic rings. The van der Waals surface area contributed by atoms with Crippen LogP contribution in [0, 0.1) is 18.6 Å². The van der Waals surface area contributed by atoms with Gasteiger partial charge in [-0.1, -0.05) is 0 Å². The van der Waals surface area contributed by atoms with Crippen LogP contribution in [0.15, 0.2) is 30.5 Å². The summed E-state index contributed by atoms with van der Waals surface area (Å²) >= 11 is 0. The summed E-state index contributed by atoms with van der Waals surface area (Å²) < 4.78 is 36.6. The zero-order valence-electron chi connectivity index (χ0n) is 15.6. The number of ether oxygens (including phenoxy) is 1. The molecule has 1 saturated heterocycles. The van der Waals surface area contributed by atoms with Crippen LogP contribution in [0.2, 0.25) is 0 Å². The van der Waals surface area contributed by atoms with Gasteiger partial charge in [-0.15, -0.1) is 0 Å². The van der Waals surface area contributed by atoms with Crippen LogP contribution in [0.25, 0.3) is 16.9 Å². The fourth-order valence-electron chi connectivity index (χ4n) is 3.61. The summed E-state index contributed by atoms with van der Waals surface area (Å²) in [6.07, 6.45) is 0.444. The van der Waals surface area contributed by atoms with E-state index in [0.29, 0.717) is 11.3 Å². The van der Waals surface area contributed by atoms with Gasteiger partial charge in [0.25, 0.3) is 0 Å². The Morgan fingerprint density at radius 2 is 2.03 bits per heavy atom. The van der Waals surface area contributed by atoms with Gasteiger partial charge < -0.3 is 24.3 Å². The van der Waals surface area contributed by atoms with E-state index in [-0.39, 0.29) is 37.4 Å². The van der Waals surface area contributed by atoms with Crippen molar-refractivity contribution in [1.29, 1.82) is 0 Å². The number of benzene rings is 1. The highest BCUT2D eigenvalue weighted by Gasteiger charge is 2.28. The molecule has 9 heteroatoms. The second-order valence-electron chi connectivity index (χ2n) is 7.05. The van der Waals surface area contributed by atoms with Crippen LogP contribution in [0.4, 0.5) is 13.6 Å². The van der Waals surface area contributed by atoms with Crippen molar-refractivity contribution < 1.29 is 28.5 Å². The molecule has 0 spiro atoms. The van der Waals surface area contributed by atoms with Crippen LogP contribution in [0.3, 0.4) is 0 Å². The third-order valence-corrected chi connectivity index (χ3v) is 4.97. The average molecular weight is 403 g/mol. The summed E-state index contributed by atoms with van der Waals surface area (Å²) in [6.45, 7) is 2.54. The summed E-state index contributed by atoms with van der Waals surface area (Å²) in [5.74, 6) is -2.38. The van der Waals surface area contributed by atoms with Gasteiger partial charge in [0.05, 0.1) is 36.2 Å². The predicted octanol–water partition coefficient (Wildman–Crippen LogP) is 3.21. The molecule has 1 atom stereocenters. The van der Waals surface area contributed by atoms with Crippen LogP contribution >= 0.6 is 0 Å². The number of carbonyl (C=O) groups is 1. The number of hydrogen-bond donors (Lipinski definition) is 2. The molecule has 0 bridgehead atoms. The first-order valence-electron chi connectivity index (χ1n) is 9.09. The van der Waals surface area contributed by atoms with Crippen molar-refractivity contribution in [2.24, 2.45) is 0 Å². The number of fused-ring (bicyclic) bond motifs is 1. The van der Waals surface area contributed by atoms with Crippen molar-refractivity contribution in [2.75, 3.05) is 19.7 Å². The van der Waals surface area contributed by atoms with E-state index in [4.69, 9.17) is 4.74 Å². The third-order valence-electron chi connectivity index (χ3n) is 4.97. The summed E-state index contributed by atoms with van der Waals surface area (Å²) in [6, 6.07) is 5.30. The summed E-state index contributed by atoms with van der Waals surface area (Å²) in [5.41, 5.74) is 1.69. The van der Waals surface area contributed by atoms with Crippen molar-refractivity contribution in [3.63, 3.8) is 0 Å². The van der Waals surface area contributed by atoms with E-state index in [0.717, 1.165) is 17.7 Å². The molecule has 3 aromatic rings. The first kappa shape index (κ1) is 19.1. The number of aromatic nitrogens is 2. The molecule has 29 heavy (non-hydrogen) atoms. The number of phenols is 1. The minimum Gasteiger partial charge on any atom is -0.508 e. The lowest BCUT2D eigenvalue weighted by Crippen LogP contribution is -2.45. The lowest BCUT2D eigenvalue weighted by atomic mass is 10.0. The molecule has 1 aromatic carbocycles. The number of phenolic OH excluding ortho intramolecular Hbond substituents is 1. The molecule has 0 aliphatic carbocycles. The van der Waals surface area contributed by atoms with Gasteiger partial charge in [-0.05, 0) is 24.6 Å². The van der Waals surface area contributed by atoms with E-state index in [2.05, 4.69) is 4.98 Å². The lowest BCUT2D eigenvalue weighted by Gasteiger charge is -2.31. The van der Waals surface area contributed by atoms with Crippen molar-refractivity contribution in [2.45, 2.75) is 19.4 Å². The number of aromatic hydroxyl groups is 1. The Morgan fingerprint density at radius 3 is 2.72 bits per heavy atom. The quantitative estimate of drug-likeness (QED) is 0.701. The van der Waals surface area contributed by atoms with Gasteiger partial charge in [0.15, 0.2) is 0 Å². The monoisotopic (exact) mass is 403 g/mol. The van der Waals surface area contributed by atoms with Gasteiger partial charge in [-0.3, -0.25) is 0 Å². The van der Waals surface area contributed by atoms with E-state index in [1.54, 1.807) is 16.7 Å². The van der Waals surface area contributed by atoms with Gasteiger partial charge in [0, 0.05) is 31.3 Å². The lowest BCUT2D eigenvalue weighted by molar-refractivity contribution is -0.0214. The Kier molecular flexibility index (Phi) is 4.83. The Hall–Kier alpha value is -3.20. The highest BCUT2D eigenvalue weighted by molar-refractivity contribution is 5.69. The topological polar surface area (TPSA) is 87.3 Å². The highest BCUT2D eigenvalue weighted by Crippen LogP contribution is 2.33. The van der Waals surface area contributed by atoms with E-state index < -0.39 is 29.6 Å². The van der Waals surface area contributed by atoms with E-state index >= 15 is 0 Å². The minimum absolute atomic E-state index is 0.0987. The summed E-state index contributed by atoms with van der Waals surface area (Å²) in [4.78, 5) is 17.0. The van der Waals surface area contributed by atoms with Crippen molar-refractivity contribution >= 4 is 11.7 Å². The fraction of sp³-hybridized carbons (Fsp3) is 0.300. The van der Waals surface area contributed by atoms with E-state index in [1.807, 2.05) is 13.0 Å². The first-order valence-corrected chi connectivity index (χ1v) is 9.09. The second-order valence-corrected chi connectivity index (χ2v) is 7.05. The van der Waals surface area contributed by atoms with Crippen LogP contribution in [0.5, 0.6) is 5.75 Å². The van der Waals surface area contributed by atoms with Gasteiger partial charge in [0.2, 0.25) is 0 Å². The number of halogens is 2. The molecule has 1 fully saturated rings. The zero-order valence-corrected chi connectivity index (χ0v) is 15.6. The molecule has 0 radical (unpaired) electrons. The number of pyridine rings is 1. The smallest absolute Gasteiger partial charge is 0.407 e. The minimum atomic E-state index is -1.04. The van der Waals surface area contributed by atoms with E-state index in [1.165, 1.54) is 4.90 Å². The first-order chi connectivity index (χ1) is 13.8. The van der Waals surface area contributed by atoms with Crippen molar-refractivity contribution in [3.05, 3.63) is 53.4 Å². The standard InChI is InChI=1S/C20H19F2N3O4/c1-11-2-3-25-16(9-13-10-24(20(27)28)4-5-29-13)19(23-17(25)6-11)18-14(21)7-12(26)8-15(18)22/h2-3,6-8,13,26H,4-5,9-10H2,1H3,(H,27,28)/t13-/m0/s1. The maximum absolute atomic E-state index is 14.6. The van der Waals surface area contributed by atoms with E-state index in [9.17, 15) is 23.8 Å². The normalized spacial score (nSPS) is 17.1. The molecular formula is C20H19F2N3O4. The number of morpholine rings is 1. The predicted molar refractivity (Wildman–Crippen MR) is 100.0 cm³/mol. The van der Waals surface area contributed by atoms with Crippen LogP contribution in [-0.4, -0.2) is 56.4 Å². The van der Waals surface area contributed by atoms with Gasteiger partial charge in [0.1, 0.15) is 23.0 Å². The molecule has 1 aliphatic heterocycles.